The van der Waals surface area contributed by atoms with Gasteiger partial charge in [-0.1, -0.05) is 11.6 Å². The molecule has 0 amide bonds. The second-order valence-corrected chi connectivity index (χ2v) is 5.27. The number of rotatable bonds is 3. The first-order valence-corrected chi connectivity index (χ1v) is 6.11. The first-order valence-electron chi connectivity index (χ1n) is 4.92. The van der Waals surface area contributed by atoms with Crippen molar-refractivity contribution >= 4 is 28.8 Å². The minimum absolute atomic E-state index is 0.549. The Labute approximate surface area is 104 Å². The van der Waals surface area contributed by atoms with Crippen molar-refractivity contribution < 1.29 is 0 Å². The molecule has 0 saturated carbocycles. The molecule has 0 aromatic carbocycles. The molecule has 0 aliphatic rings. The molecule has 0 bridgehead atoms. The number of nitrogens with one attached hydrogen (secondary N) is 1. The molecule has 3 nitrogen and oxygen atoms in total. The van der Waals surface area contributed by atoms with E-state index >= 15 is 0 Å². The van der Waals surface area contributed by atoms with Gasteiger partial charge in [0.1, 0.15) is 17.2 Å². The van der Waals surface area contributed by atoms with Crippen LogP contribution in [0.2, 0.25) is 5.02 Å². The molecule has 5 heteroatoms. The maximum absolute atomic E-state index is 5.94. The monoisotopic (exact) mass is 253 g/mol. The summed E-state index contributed by atoms with van der Waals surface area (Å²) in [5, 5.41) is 3.75. The third kappa shape index (κ3) is 2.51. The van der Waals surface area contributed by atoms with Gasteiger partial charge in [-0.3, -0.25) is 0 Å². The van der Waals surface area contributed by atoms with E-state index in [1.807, 2.05) is 0 Å². The van der Waals surface area contributed by atoms with E-state index in [2.05, 4.69) is 35.2 Å². The molecular formula is C11H12ClN3S. The van der Waals surface area contributed by atoms with Gasteiger partial charge in [-0.15, -0.1) is 11.3 Å². The van der Waals surface area contributed by atoms with Crippen LogP contribution in [0, 0.1) is 13.8 Å². The maximum Gasteiger partial charge on any atom is 0.148 e. The molecule has 0 spiro atoms. The molecule has 2 aromatic heterocycles. The Balaban J connectivity index is 2.05. The van der Waals surface area contributed by atoms with E-state index in [0.29, 0.717) is 10.8 Å². The Kier molecular flexibility index (Phi) is 3.41. The standard InChI is InChI=1S/C11H12ClN3S/c1-7-3-9(16-8(7)2)4-14-11-10(12)5-13-6-15-11/h3,5-6H,4H2,1-2H3,(H,13,14,15). The summed E-state index contributed by atoms with van der Waals surface area (Å²) < 4.78 is 0. The Morgan fingerprint density at radius 3 is 2.88 bits per heavy atom. The summed E-state index contributed by atoms with van der Waals surface area (Å²) in [5.74, 6) is 0.681. The van der Waals surface area contributed by atoms with Gasteiger partial charge in [-0.2, -0.15) is 0 Å². The quantitative estimate of drug-likeness (QED) is 0.911. The molecule has 2 heterocycles. The highest BCUT2D eigenvalue weighted by Crippen LogP contribution is 2.22. The Bertz CT molecular complexity index is 476. The first-order chi connectivity index (χ1) is 7.66. The van der Waals surface area contributed by atoms with Crippen molar-refractivity contribution in [1.82, 2.24) is 9.97 Å². The van der Waals surface area contributed by atoms with Crippen LogP contribution < -0.4 is 5.32 Å². The smallest absolute Gasteiger partial charge is 0.148 e. The van der Waals surface area contributed by atoms with E-state index in [9.17, 15) is 0 Å². The Hall–Kier alpha value is -1.13. The van der Waals surface area contributed by atoms with Gasteiger partial charge in [-0.05, 0) is 25.5 Å². The van der Waals surface area contributed by atoms with Gasteiger partial charge in [0.2, 0.25) is 0 Å². The van der Waals surface area contributed by atoms with E-state index in [0.717, 1.165) is 6.54 Å². The van der Waals surface area contributed by atoms with Crippen molar-refractivity contribution in [3.8, 4) is 0 Å². The third-order valence-corrected chi connectivity index (χ3v) is 3.74. The lowest BCUT2D eigenvalue weighted by molar-refractivity contribution is 1.10. The van der Waals surface area contributed by atoms with Gasteiger partial charge >= 0.3 is 0 Å². The lowest BCUT2D eigenvalue weighted by atomic mass is 10.3. The number of thiophene rings is 1. The first kappa shape index (κ1) is 11.4. The van der Waals surface area contributed by atoms with E-state index in [1.165, 1.54) is 21.6 Å². The minimum Gasteiger partial charge on any atom is -0.364 e. The summed E-state index contributed by atoms with van der Waals surface area (Å²) in [6.45, 7) is 4.99. The van der Waals surface area contributed by atoms with E-state index in [1.54, 1.807) is 17.5 Å². The van der Waals surface area contributed by atoms with Crippen LogP contribution in [0.1, 0.15) is 15.3 Å². The van der Waals surface area contributed by atoms with Crippen LogP contribution in [0.25, 0.3) is 0 Å². The van der Waals surface area contributed by atoms with Crippen LogP contribution in [-0.4, -0.2) is 9.97 Å². The van der Waals surface area contributed by atoms with Gasteiger partial charge in [-0.25, -0.2) is 9.97 Å². The minimum atomic E-state index is 0.549. The van der Waals surface area contributed by atoms with Crippen molar-refractivity contribution in [2.45, 2.75) is 20.4 Å². The van der Waals surface area contributed by atoms with Crippen molar-refractivity contribution in [1.29, 1.82) is 0 Å². The van der Waals surface area contributed by atoms with Crippen molar-refractivity contribution in [2.24, 2.45) is 0 Å². The topological polar surface area (TPSA) is 37.8 Å². The number of aromatic nitrogens is 2. The van der Waals surface area contributed by atoms with Gasteiger partial charge in [0.25, 0.3) is 0 Å². The normalized spacial score (nSPS) is 10.4. The molecule has 16 heavy (non-hydrogen) atoms. The number of nitrogens with zero attached hydrogens (tertiary/aromatic N) is 2. The second kappa shape index (κ2) is 4.80. The zero-order chi connectivity index (χ0) is 11.5. The van der Waals surface area contributed by atoms with Crippen LogP contribution in [0.4, 0.5) is 5.82 Å². The summed E-state index contributed by atoms with van der Waals surface area (Å²) in [6, 6.07) is 2.18. The summed E-state index contributed by atoms with van der Waals surface area (Å²) in [4.78, 5) is 10.5. The zero-order valence-corrected chi connectivity index (χ0v) is 10.7. The fourth-order valence-corrected chi connectivity index (χ4v) is 2.52. The third-order valence-electron chi connectivity index (χ3n) is 2.31. The number of aryl methyl sites for hydroxylation is 2. The summed E-state index contributed by atoms with van der Waals surface area (Å²) in [5.41, 5.74) is 1.33. The zero-order valence-electron chi connectivity index (χ0n) is 9.12. The lowest BCUT2D eigenvalue weighted by Crippen LogP contribution is -2.00. The Morgan fingerprint density at radius 1 is 1.44 bits per heavy atom. The average Bonchev–Trinajstić information content (AvgIpc) is 2.57. The van der Waals surface area contributed by atoms with Gasteiger partial charge < -0.3 is 5.32 Å². The van der Waals surface area contributed by atoms with Crippen LogP contribution in [0.3, 0.4) is 0 Å². The van der Waals surface area contributed by atoms with Crippen LogP contribution >= 0.6 is 22.9 Å². The van der Waals surface area contributed by atoms with E-state index in [-0.39, 0.29) is 0 Å². The highest BCUT2D eigenvalue weighted by Gasteiger charge is 2.04. The predicted octanol–water partition coefficient (Wildman–Crippen LogP) is 3.42. The van der Waals surface area contributed by atoms with E-state index in [4.69, 9.17) is 11.6 Å². The predicted molar refractivity (Wildman–Crippen MR) is 68.2 cm³/mol. The highest BCUT2D eigenvalue weighted by molar-refractivity contribution is 7.12. The molecular weight excluding hydrogens is 242 g/mol. The van der Waals surface area contributed by atoms with Gasteiger partial charge in [0.05, 0.1) is 12.7 Å². The fourth-order valence-electron chi connectivity index (χ4n) is 1.35. The van der Waals surface area contributed by atoms with Crippen molar-refractivity contribution in [3.05, 3.63) is 38.9 Å². The summed E-state index contributed by atoms with van der Waals surface area (Å²) in [7, 11) is 0. The fraction of sp³-hybridized carbons (Fsp3) is 0.273. The van der Waals surface area contributed by atoms with Gasteiger partial charge in [0.15, 0.2) is 0 Å². The number of anilines is 1. The second-order valence-electron chi connectivity index (χ2n) is 3.52. The summed E-state index contributed by atoms with van der Waals surface area (Å²) >= 11 is 7.73. The van der Waals surface area contributed by atoms with Crippen LogP contribution in [0.5, 0.6) is 0 Å². The molecule has 0 fully saturated rings. The van der Waals surface area contributed by atoms with Gasteiger partial charge in [0, 0.05) is 9.75 Å². The summed E-state index contributed by atoms with van der Waals surface area (Å²) in [6.07, 6.45) is 3.07. The SMILES string of the molecule is Cc1cc(CNc2ncncc2Cl)sc1C. The molecule has 0 radical (unpaired) electrons. The largest absolute Gasteiger partial charge is 0.364 e. The molecule has 0 aliphatic carbocycles. The lowest BCUT2D eigenvalue weighted by Gasteiger charge is -2.04. The molecule has 2 rings (SSSR count). The van der Waals surface area contributed by atoms with Crippen LogP contribution in [0.15, 0.2) is 18.6 Å². The van der Waals surface area contributed by atoms with Crippen molar-refractivity contribution in [3.63, 3.8) is 0 Å². The molecule has 0 saturated heterocycles. The van der Waals surface area contributed by atoms with E-state index < -0.39 is 0 Å². The molecule has 0 aliphatic heterocycles. The van der Waals surface area contributed by atoms with Crippen molar-refractivity contribution in [2.75, 3.05) is 5.32 Å². The average molecular weight is 254 g/mol. The number of hydrogen-bond donors (Lipinski definition) is 1. The molecule has 0 atom stereocenters. The molecule has 2 aromatic rings. The maximum atomic E-state index is 5.94. The van der Waals surface area contributed by atoms with Crippen LogP contribution in [-0.2, 0) is 6.54 Å². The Morgan fingerprint density at radius 2 is 2.25 bits per heavy atom. The number of hydrogen-bond acceptors (Lipinski definition) is 4. The molecule has 84 valence electrons. The number of halogens is 1. The highest BCUT2D eigenvalue weighted by atomic mass is 35.5. The molecule has 0 unspecified atom stereocenters. The molecule has 1 N–H and O–H groups in total.